The van der Waals surface area contributed by atoms with Crippen LogP contribution in [0.2, 0.25) is 0 Å². The van der Waals surface area contributed by atoms with Crippen molar-refractivity contribution in [2.24, 2.45) is 0 Å². The van der Waals surface area contributed by atoms with Crippen LogP contribution in [0.1, 0.15) is 22.9 Å². The summed E-state index contributed by atoms with van der Waals surface area (Å²) in [6.45, 7) is 2.02. The Hall–Kier alpha value is -2.06. The summed E-state index contributed by atoms with van der Waals surface area (Å²) in [5.41, 5.74) is 2.60. The topological polar surface area (TPSA) is 25.2 Å². The van der Waals surface area contributed by atoms with Crippen molar-refractivity contribution in [3.63, 3.8) is 0 Å². The first kappa shape index (κ1) is 12.9. The number of likely N-dealkylation sites (N-methyl/N-ethyl adjacent to an activating group) is 1. The molecule has 0 aliphatic heterocycles. The molecule has 2 aromatic carbocycles. The van der Waals surface area contributed by atoms with Gasteiger partial charge in [0.25, 0.3) is 0 Å². The van der Waals surface area contributed by atoms with Crippen LogP contribution in [-0.4, -0.2) is 7.05 Å². The lowest BCUT2D eigenvalue weighted by Gasteiger charge is -2.17. The Morgan fingerprint density at radius 1 is 1.05 bits per heavy atom. The van der Waals surface area contributed by atoms with Crippen LogP contribution in [-0.2, 0) is 6.42 Å². The maximum absolute atomic E-state index is 5.43. The summed E-state index contributed by atoms with van der Waals surface area (Å²) in [6, 6.07) is 17.4. The van der Waals surface area contributed by atoms with Crippen molar-refractivity contribution in [3.8, 4) is 0 Å². The summed E-state index contributed by atoms with van der Waals surface area (Å²) in [4.78, 5) is 0. The molecule has 0 saturated heterocycles. The first-order chi connectivity index (χ1) is 9.79. The number of hydrogen-bond donors (Lipinski definition) is 1. The maximum Gasteiger partial charge on any atom is 0.105 e. The molecule has 0 fully saturated rings. The third-order valence-corrected chi connectivity index (χ3v) is 3.93. The number of nitrogens with one attached hydrogen (secondary N) is 1. The number of hydrogen-bond acceptors (Lipinski definition) is 2. The Morgan fingerprint density at radius 2 is 1.85 bits per heavy atom. The summed E-state index contributed by atoms with van der Waals surface area (Å²) < 4.78 is 5.43. The minimum atomic E-state index is 0.277. The Bertz CT molecular complexity index is 709. The zero-order chi connectivity index (χ0) is 13.9. The minimum Gasteiger partial charge on any atom is -0.469 e. The van der Waals surface area contributed by atoms with Crippen LogP contribution in [0.25, 0.3) is 10.8 Å². The summed E-state index contributed by atoms with van der Waals surface area (Å²) in [6.07, 6.45) is 2.72. The summed E-state index contributed by atoms with van der Waals surface area (Å²) >= 11 is 0. The van der Waals surface area contributed by atoms with Crippen LogP contribution >= 0.6 is 0 Å². The van der Waals surface area contributed by atoms with Crippen molar-refractivity contribution in [3.05, 3.63) is 71.7 Å². The molecule has 3 rings (SSSR count). The van der Waals surface area contributed by atoms with E-state index in [9.17, 15) is 0 Å². The first-order valence-electron chi connectivity index (χ1n) is 6.97. The molecule has 1 aromatic heterocycles. The van der Waals surface area contributed by atoms with Crippen LogP contribution in [0.3, 0.4) is 0 Å². The van der Waals surface area contributed by atoms with Gasteiger partial charge in [-0.1, -0.05) is 42.5 Å². The lowest BCUT2D eigenvalue weighted by Crippen LogP contribution is -2.19. The highest BCUT2D eigenvalue weighted by atomic mass is 16.3. The average Bonchev–Trinajstić information content (AvgIpc) is 2.91. The van der Waals surface area contributed by atoms with Gasteiger partial charge in [0.15, 0.2) is 0 Å². The monoisotopic (exact) mass is 265 g/mol. The molecule has 0 bridgehead atoms. The van der Waals surface area contributed by atoms with Crippen LogP contribution in [0, 0.1) is 6.92 Å². The molecule has 0 saturated carbocycles. The van der Waals surface area contributed by atoms with Gasteiger partial charge in [0, 0.05) is 11.6 Å². The van der Waals surface area contributed by atoms with Gasteiger partial charge in [-0.3, -0.25) is 0 Å². The van der Waals surface area contributed by atoms with E-state index in [-0.39, 0.29) is 6.04 Å². The molecule has 3 aromatic rings. The highest BCUT2D eigenvalue weighted by molar-refractivity contribution is 5.85. The van der Waals surface area contributed by atoms with Crippen LogP contribution in [0.5, 0.6) is 0 Å². The molecule has 0 amide bonds. The predicted octanol–water partition coefficient (Wildman–Crippen LogP) is 4.24. The van der Waals surface area contributed by atoms with Crippen LogP contribution in [0.15, 0.2) is 59.2 Å². The SMILES string of the molecule is CNC(Cc1cccc2ccccc12)c1ccoc1C. The molecule has 2 heteroatoms. The van der Waals surface area contributed by atoms with Gasteiger partial charge in [-0.05, 0) is 42.8 Å². The summed E-state index contributed by atoms with van der Waals surface area (Å²) in [5, 5.41) is 6.02. The zero-order valence-electron chi connectivity index (χ0n) is 11.9. The van der Waals surface area contributed by atoms with E-state index in [1.807, 2.05) is 14.0 Å². The van der Waals surface area contributed by atoms with Gasteiger partial charge in [0.1, 0.15) is 5.76 Å². The Kier molecular flexibility index (Phi) is 3.57. The lowest BCUT2D eigenvalue weighted by atomic mass is 9.95. The third kappa shape index (κ3) is 2.35. The van der Waals surface area contributed by atoms with E-state index in [0.29, 0.717) is 0 Å². The standard InChI is InChI=1S/C18H19NO/c1-13-16(10-11-20-13)18(19-2)12-15-8-5-7-14-6-3-4-9-17(14)15/h3-11,18-19H,12H2,1-2H3. The van der Waals surface area contributed by atoms with Crippen LogP contribution < -0.4 is 5.32 Å². The van der Waals surface area contributed by atoms with E-state index < -0.39 is 0 Å². The molecule has 2 nitrogen and oxygen atoms in total. The molecule has 1 heterocycles. The molecule has 1 atom stereocenters. The summed E-state index contributed by atoms with van der Waals surface area (Å²) in [7, 11) is 2.00. The van der Waals surface area contributed by atoms with Gasteiger partial charge in [0.2, 0.25) is 0 Å². The van der Waals surface area contributed by atoms with Gasteiger partial charge in [-0.2, -0.15) is 0 Å². The fraction of sp³-hybridized carbons (Fsp3) is 0.222. The number of rotatable bonds is 4. The second-order valence-corrected chi connectivity index (χ2v) is 5.12. The predicted molar refractivity (Wildman–Crippen MR) is 82.9 cm³/mol. The number of fused-ring (bicyclic) bond motifs is 1. The zero-order valence-corrected chi connectivity index (χ0v) is 11.9. The largest absolute Gasteiger partial charge is 0.469 e. The van der Waals surface area contributed by atoms with Crippen LogP contribution in [0.4, 0.5) is 0 Å². The average molecular weight is 265 g/mol. The Balaban J connectivity index is 1.98. The van der Waals surface area contributed by atoms with Crippen molar-refractivity contribution in [1.82, 2.24) is 5.32 Å². The summed E-state index contributed by atoms with van der Waals surface area (Å²) in [5.74, 6) is 0.990. The van der Waals surface area contributed by atoms with Crippen molar-refractivity contribution in [2.75, 3.05) is 7.05 Å². The Morgan fingerprint density at radius 3 is 2.60 bits per heavy atom. The quantitative estimate of drug-likeness (QED) is 0.763. The second kappa shape index (κ2) is 5.51. The van der Waals surface area contributed by atoms with Gasteiger partial charge in [0.05, 0.1) is 6.26 Å². The van der Waals surface area contributed by atoms with Gasteiger partial charge in [-0.25, -0.2) is 0 Å². The van der Waals surface area contributed by atoms with E-state index in [2.05, 4.69) is 53.8 Å². The molecule has 102 valence electrons. The maximum atomic E-state index is 5.43. The van der Waals surface area contributed by atoms with E-state index in [1.165, 1.54) is 21.9 Å². The van der Waals surface area contributed by atoms with E-state index >= 15 is 0 Å². The van der Waals surface area contributed by atoms with Crippen molar-refractivity contribution in [1.29, 1.82) is 0 Å². The molecular formula is C18H19NO. The van der Waals surface area contributed by atoms with Crippen molar-refractivity contribution in [2.45, 2.75) is 19.4 Å². The molecule has 20 heavy (non-hydrogen) atoms. The van der Waals surface area contributed by atoms with E-state index in [4.69, 9.17) is 4.42 Å². The van der Waals surface area contributed by atoms with Crippen molar-refractivity contribution < 1.29 is 4.42 Å². The number of furan rings is 1. The fourth-order valence-corrected chi connectivity index (χ4v) is 2.81. The molecule has 1 N–H and O–H groups in total. The molecular weight excluding hydrogens is 246 g/mol. The fourth-order valence-electron chi connectivity index (χ4n) is 2.81. The molecule has 0 aliphatic carbocycles. The molecule has 0 radical (unpaired) electrons. The molecule has 1 unspecified atom stereocenters. The highest BCUT2D eigenvalue weighted by Gasteiger charge is 2.15. The van der Waals surface area contributed by atoms with E-state index in [1.54, 1.807) is 6.26 Å². The Labute approximate surface area is 119 Å². The van der Waals surface area contributed by atoms with Gasteiger partial charge in [-0.15, -0.1) is 0 Å². The normalized spacial score (nSPS) is 12.7. The smallest absolute Gasteiger partial charge is 0.105 e. The van der Waals surface area contributed by atoms with E-state index in [0.717, 1.165) is 12.2 Å². The van der Waals surface area contributed by atoms with Gasteiger partial charge < -0.3 is 9.73 Å². The number of benzene rings is 2. The first-order valence-corrected chi connectivity index (χ1v) is 6.97. The third-order valence-electron chi connectivity index (χ3n) is 3.93. The molecule has 0 spiro atoms. The van der Waals surface area contributed by atoms with Crippen molar-refractivity contribution >= 4 is 10.8 Å². The molecule has 0 aliphatic rings. The lowest BCUT2D eigenvalue weighted by molar-refractivity contribution is 0.512. The second-order valence-electron chi connectivity index (χ2n) is 5.12. The highest BCUT2D eigenvalue weighted by Crippen LogP contribution is 2.26. The minimum absolute atomic E-state index is 0.277. The van der Waals surface area contributed by atoms with Gasteiger partial charge >= 0.3 is 0 Å². The number of aryl methyl sites for hydroxylation is 1.